The van der Waals surface area contributed by atoms with Crippen molar-refractivity contribution >= 4 is 34.5 Å². The van der Waals surface area contributed by atoms with Gasteiger partial charge in [0.25, 0.3) is 5.91 Å². The van der Waals surface area contributed by atoms with Crippen molar-refractivity contribution in [3.05, 3.63) is 112 Å². The zero-order chi connectivity index (χ0) is 28.8. The SMILES string of the molecule is Cc1cc(C)cc(C(Nc2cccc(-c3cccc(C(=O)O)c3)c2O)=C2C(=O)Nc3cc(C(F)(F)F)ccc32)c1. The standard InChI is InChI=1S/C31H23F3N2O4/c1-16-11-17(2)13-20(12-16)27(26-23-10-9-21(31(32,33)34)15-25(23)36-29(26)38)35-24-8-4-7-22(28(24)37)18-5-3-6-19(14-18)30(39)40/h3-15,35,37H,1-2H3,(H,36,38)(H,39,40). The van der Waals surface area contributed by atoms with Gasteiger partial charge in [-0.25, -0.2) is 4.79 Å². The lowest BCUT2D eigenvalue weighted by molar-refractivity contribution is -0.137. The second-order valence-corrected chi connectivity index (χ2v) is 9.55. The Morgan fingerprint density at radius 3 is 2.23 bits per heavy atom. The van der Waals surface area contributed by atoms with Crippen LogP contribution in [0.5, 0.6) is 5.75 Å². The molecule has 0 aromatic heterocycles. The Labute approximate surface area is 227 Å². The van der Waals surface area contributed by atoms with E-state index in [9.17, 15) is 33.0 Å². The van der Waals surface area contributed by atoms with E-state index in [2.05, 4.69) is 10.6 Å². The van der Waals surface area contributed by atoms with Gasteiger partial charge in [0.05, 0.1) is 28.1 Å². The van der Waals surface area contributed by atoms with Gasteiger partial charge in [0.15, 0.2) is 0 Å². The van der Waals surface area contributed by atoms with Crippen LogP contribution in [0.15, 0.2) is 78.9 Å². The number of carboxylic acids is 1. The van der Waals surface area contributed by atoms with Gasteiger partial charge in [0, 0.05) is 16.8 Å². The molecule has 0 radical (unpaired) electrons. The molecule has 0 bridgehead atoms. The van der Waals surface area contributed by atoms with Crippen molar-refractivity contribution in [2.45, 2.75) is 20.0 Å². The molecule has 0 atom stereocenters. The van der Waals surface area contributed by atoms with Crippen molar-refractivity contribution in [3.8, 4) is 16.9 Å². The summed E-state index contributed by atoms with van der Waals surface area (Å²) in [6.07, 6.45) is -4.58. The number of amides is 1. The molecule has 4 N–H and O–H groups in total. The third-order valence-electron chi connectivity index (χ3n) is 6.57. The summed E-state index contributed by atoms with van der Waals surface area (Å²) >= 11 is 0. The number of alkyl halides is 3. The number of phenolic OH excluding ortho intramolecular Hbond substituents is 1. The number of rotatable bonds is 5. The van der Waals surface area contributed by atoms with Crippen LogP contribution in [0.3, 0.4) is 0 Å². The lowest BCUT2D eigenvalue weighted by Gasteiger charge is -2.18. The van der Waals surface area contributed by atoms with E-state index in [4.69, 9.17) is 0 Å². The highest BCUT2D eigenvalue weighted by Gasteiger charge is 2.35. The van der Waals surface area contributed by atoms with Crippen LogP contribution in [0, 0.1) is 13.8 Å². The maximum Gasteiger partial charge on any atom is 0.416 e. The molecule has 0 saturated carbocycles. The van der Waals surface area contributed by atoms with E-state index in [0.29, 0.717) is 16.7 Å². The number of carbonyl (C=O) groups is 2. The Kier molecular flexibility index (Phi) is 6.59. The minimum Gasteiger partial charge on any atom is -0.505 e. The van der Waals surface area contributed by atoms with Crippen molar-refractivity contribution in [2.24, 2.45) is 0 Å². The fourth-order valence-corrected chi connectivity index (χ4v) is 4.83. The van der Waals surface area contributed by atoms with Crippen LogP contribution in [0.25, 0.3) is 22.4 Å². The van der Waals surface area contributed by atoms with Crippen LogP contribution in [-0.4, -0.2) is 22.1 Å². The number of hydrogen-bond donors (Lipinski definition) is 4. The highest BCUT2D eigenvalue weighted by molar-refractivity contribution is 6.37. The number of aromatic carboxylic acids is 1. The van der Waals surface area contributed by atoms with Crippen LogP contribution in [0.1, 0.15) is 38.2 Å². The summed E-state index contributed by atoms with van der Waals surface area (Å²) in [6.45, 7) is 3.76. The number of benzene rings is 4. The van der Waals surface area contributed by atoms with Crippen LogP contribution in [-0.2, 0) is 11.0 Å². The van der Waals surface area contributed by atoms with Crippen molar-refractivity contribution in [3.63, 3.8) is 0 Å². The third kappa shape index (κ3) is 5.01. The highest BCUT2D eigenvalue weighted by atomic mass is 19.4. The van der Waals surface area contributed by atoms with E-state index in [-0.39, 0.29) is 39.5 Å². The number of carbonyl (C=O) groups excluding carboxylic acids is 1. The molecule has 5 rings (SSSR count). The molecular formula is C31H23F3N2O4. The van der Waals surface area contributed by atoms with Crippen molar-refractivity contribution in [1.29, 1.82) is 0 Å². The maximum absolute atomic E-state index is 13.3. The van der Waals surface area contributed by atoms with Crippen LogP contribution in [0.4, 0.5) is 24.5 Å². The summed E-state index contributed by atoms with van der Waals surface area (Å²) in [7, 11) is 0. The minimum absolute atomic E-state index is 0.0296. The zero-order valence-electron chi connectivity index (χ0n) is 21.4. The number of halogens is 3. The van der Waals surface area contributed by atoms with E-state index in [1.807, 2.05) is 32.0 Å². The first-order valence-electron chi connectivity index (χ1n) is 12.2. The first-order valence-corrected chi connectivity index (χ1v) is 12.2. The fraction of sp³-hybridized carbons (Fsp3) is 0.0968. The molecule has 1 aliphatic rings. The van der Waals surface area contributed by atoms with Crippen LogP contribution < -0.4 is 10.6 Å². The molecule has 40 heavy (non-hydrogen) atoms. The molecule has 1 heterocycles. The smallest absolute Gasteiger partial charge is 0.416 e. The molecule has 0 unspecified atom stereocenters. The van der Waals surface area contributed by atoms with Gasteiger partial charge in [-0.1, -0.05) is 47.5 Å². The number of aryl methyl sites for hydroxylation is 2. The molecule has 0 saturated heterocycles. The quantitative estimate of drug-likeness (QED) is 0.156. The van der Waals surface area contributed by atoms with E-state index >= 15 is 0 Å². The van der Waals surface area contributed by atoms with Gasteiger partial charge in [-0.15, -0.1) is 0 Å². The Balaban J connectivity index is 1.69. The van der Waals surface area contributed by atoms with E-state index in [1.165, 1.54) is 18.2 Å². The largest absolute Gasteiger partial charge is 0.505 e. The molecule has 6 nitrogen and oxygen atoms in total. The summed E-state index contributed by atoms with van der Waals surface area (Å²) in [5.41, 5.74) is 3.28. The Hall–Kier alpha value is -5.05. The van der Waals surface area contributed by atoms with E-state index in [0.717, 1.165) is 23.3 Å². The molecular weight excluding hydrogens is 521 g/mol. The minimum atomic E-state index is -4.58. The zero-order valence-corrected chi connectivity index (χ0v) is 21.4. The normalized spacial score (nSPS) is 14.0. The number of fused-ring (bicyclic) bond motifs is 1. The summed E-state index contributed by atoms with van der Waals surface area (Å²) in [6, 6.07) is 19.6. The summed E-state index contributed by atoms with van der Waals surface area (Å²) in [4.78, 5) is 24.7. The third-order valence-corrected chi connectivity index (χ3v) is 6.57. The Bertz CT molecular complexity index is 1700. The van der Waals surface area contributed by atoms with Crippen molar-refractivity contribution in [1.82, 2.24) is 0 Å². The average molecular weight is 545 g/mol. The molecule has 9 heteroatoms. The second kappa shape index (κ2) is 9.92. The number of para-hydroxylation sites is 1. The summed E-state index contributed by atoms with van der Waals surface area (Å²) in [5, 5.41) is 26.3. The molecule has 1 amide bonds. The van der Waals surface area contributed by atoms with Crippen molar-refractivity contribution < 1.29 is 33.0 Å². The fourth-order valence-electron chi connectivity index (χ4n) is 4.83. The van der Waals surface area contributed by atoms with Gasteiger partial charge in [0.1, 0.15) is 5.75 Å². The Morgan fingerprint density at radius 1 is 0.850 bits per heavy atom. The lowest BCUT2D eigenvalue weighted by Crippen LogP contribution is -2.10. The van der Waals surface area contributed by atoms with Gasteiger partial charge >= 0.3 is 12.1 Å². The van der Waals surface area contributed by atoms with Gasteiger partial charge < -0.3 is 20.8 Å². The van der Waals surface area contributed by atoms with Gasteiger partial charge in [-0.05, 0) is 67.4 Å². The van der Waals surface area contributed by atoms with Crippen LogP contribution >= 0.6 is 0 Å². The predicted molar refractivity (Wildman–Crippen MR) is 147 cm³/mol. The number of carboxylic acid groups (broad SMARTS) is 1. The molecule has 202 valence electrons. The lowest BCUT2D eigenvalue weighted by atomic mass is 9.96. The van der Waals surface area contributed by atoms with Gasteiger partial charge in [-0.3, -0.25) is 4.79 Å². The molecule has 4 aromatic rings. The predicted octanol–water partition coefficient (Wildman–Crippen LogP) is 7.33. The summed E-state index contributed by atoms with van der Waals surface area (Å²) in [5.74, 6) is -1.91. The molecule has 1 aliphatic heterocycles. The number of anilines is 2. The highest BCUT2D eigenvalue weighted by Crippen LogP contribution is 2.43. The topological polar surface area (TPSA) is 98.7 Å². The monoisotopic (exact) mass is 544 g/mol. The number of phenols is 1. The first kappa shape index (κ1) is 26.6. The average Bonchev–Trinajstić information content (AvgIpc) is 3.21. The Morgan fingerprint density at radius 2 is 1.55 bits per heavy atom. The number of aromatic hydroxyl groups is 1. The maximum atomic E-state index is 13.3. The van der Waals surface area contributed by atoms with E-state index < -0.39 is 23.6 Å². The molecule has 0 spiro atoms. The molecule has 0 aliphatic carbocycles. The van der Waals surface area contributed by atoms with Crippen LogP contribution in [0.2, 0.25) is 0 Å². The molecule has 0 fully saturated rings. The van der Waals surface area contributed by atoms with E-state index in [1.54, 1.807) is 30.3 Å². The number of hydrogen-bond acceptors (Lipinski definition) is 4. The summed E-state index contributed by atoms with van der Waals surface area (Å²) < 4.78 is 40.0. The second-order valence-electron chi connectivity index (χ2n) is 9.55. The molecule has 4 aromatic carbocycles. The van der Waals surface area contributed by atoms with Gasteiger partial charge in [0.2, 0.25) is 0 Å². The van der Waals surface area contributed by atoms with Crippen molar-refractivity contribution in [2.75, 3.05) is 10.6 Å². The number of nitrogens with one attached hydrogen (secondary N) is 2. The first-order chi connectivity index (χ1) is 18.9. The van der Waals surface area contributed by atoms with Gasteiger partial charge in [-0.2, -0.15) is 13.2 Å².